The predicted octanol–water partition coefficient (Wildman–Crippen LogP) is 4.15. The number of aromatic nitrogens is 3. The number of benzene rings is 2. The van der Waals surface area contributed by atoms with Crippen molar-refractivity contribution >= 4 is 17.5 Å². The number of morpholine rings is 1. The van der Waals surface area contributed by atoms with Crippen LogP contribution in [-0.4, -0.2) is 70.1 Å². The largest absolute Gasteiger partial charge is 0.507 e. The lowest BCUT2D eigenvalue weighted by molar-refractivity contribution is 0.0342. The van der Waals surface area contributed by atoms with Gasteiger partial charge >= 0.3 is 0 Å². The zero-order chi connectivity index (χ0) is 26.1. The number of aromatic hydroxyl groups is 1. The van der Waals surface area contributed by atoms with Gasteiger partial charge in [0.2, 0.25) is 5.82 Å². The van der Waals surface area contributed by atoms with E-state index in [-0.39, 0.29) is 29.4 Å². The molecule has 2 aliphatic rings. The fourth-order valence-electron chi connectivity index (χ4n) is 4.52. The lowest BCUT2D eigenvalue weighted by atomic mass is 9.98. The average Bonchev–Trinajstić information content (AvgIpc) is 3.59. The Balaban J connectivity index is 1.58. The summed E-state index contributed by atoms with van der Waals surface area (Å²) in [7, 11) is 1.57. The quantitative estimate of drug-likeness (QED) is 0.455. The molecule has 196 valence electrons. The van der Waals surface area contributed by atoms with Crippen molar-refractivity contribution in [3.8, 4) is 28.6 Å². The summed E-state index contributed by atoms with van der Waals surface area (Å²) in [6.45, 7) is 7.94. The third kappa shape index (κ3) is 5.44. The molecule has 1 aromatic heterocycles. The van der Waals surface area contributed by atoms with Crippen LogP contribution in [0, 0.1) is 0 Å². The second-order valence-electron chi connectivity index (χ2n) is 9.86. The van der Waals surface area contributed by atoms with Crippen LogP contribution in [0.5, 0.6) is 11.5 Å². The zero-order valence-electron chi connectivity index (χ0n) is 21.3. The molecule has 0 spiro atoms. The van der Waals surface area contributed by atoms with Crippen molar-refractivity contribution in [1.82, 2.24) is 25.0 Å². The fourth-order valence-corrected chi connectivity index (χ4v) is 4.76. The molecule has 0 unspecified atom stereocenters. The number of hydrogen-bond acceptors (Lipinski definition) is 7. The van der Waals surface area contributed by atoms with Crippen LogP contribution < -0.4 is 10.1 Å². The molecule has 5 rings (SSSR count). The van der Waals surface area contributed by atoms with Gasteiger partial charge in [-0.15, -0.1) is 10.2 Å². The van der Waals surface area contributed by atoms with E-state index in [1.54, 1.807) is 17.7 Å². The molecule has 1 aliphatic carbocycles. The lowest BCUT2D eigenvalue weighted by Crippen LogP contribution is -2.35. The highest BCUT2D eigenvalue weighted by molar-refractivity contribution is 6.31. The number of phenolic OH excluding ortho intramolecular Hbond substituents is 1. The number of halogens is 1. The molecule has 9 nitrogen and oxygen atoms in total. The van der Waals surface area contributed by atoms with Crippen molar-refractivity contribution in [2.24, 2.45) is 0 Å². The number of nitrogens with zero attached hydrogens (tertiary/aromatic N) is 4. The minimum atomic E-state index is -0.313. The predicted molar refractivity (Wildman–Crippen MR) is 141 cm³/mol. The molecule has 2 heterocycles. The van der Waals surface area contributed by atoms with E-state index >= 15 is 0 Å². The number of carbonyl (C=O) groups excluding carboxylic acids is 1. The molecule has 1 amide bonds. The summed E-state index contributed by atoms with van der Waals surface area (Å²) in [5, 5.41) is 23.1. The molecule has 1 saturated carbocycles. The van der Waals surface area contributed by atoms with Crippen LogP contribution in [0.25, 0.3) is 17.1 Å². The van der Waals surface area contributed by atoms with Gasteiger partial charge in [0.1, 0.15) is 11.5 Å². The Bertz CT molecular complexity index is 1300. The first-order valence-electron chi connectivity index (χ1n) is 12.6. The summed E-state index contributed by atoms with van der Waals surface area (Å²) in [6.07, 6.45) is 1.90. The standard InChI is InChI=1S/C27H32ClN5O4/c1-16(2)20-13-21(23(34)14-24(20)36-3)25-30-31-26(27(35)29-18-5-6-18)33(25)19-7-4-17(22(28)12-19)15-32-8-10-37-11-9-32/h4,7,12-14,16,18,34H,5-6,8-11,15H2,1-3H3,(H,29,35). The van der Waals surface area contributed by atoms with E-state index in [1.165, 1.54) is 0 Å². The Morgan fingerprint density at radius 2 is 1.97 bits per heavy atom. The van der Waals surface area contributed by atoms with Crippen molar-refractivity contribution in [1.29, 1.82) is 0 Å². The fraction of sp³-hybridized carbons (Fsp3) is 0.444. The number of rotatable bonds is 8. The molecule has 3 aromatic rings. The van der Waals surface area contributed by atoms with Crippen LogP contribution in [0.4, 0.5) is 0 Å². The number of hydrogen-bond donors (Lipinski definition) is 2. The number of amides is 1. The SMILES string of the molecule is COc1cc(O)c(-c2nnc(C(=O)NC3CC3)n2-c2ccc(CN3CCOCC3)c(Cl)c2)cc1C(C)C. The number of nitrogens with one attached hydrogen (secondary N) is 1. The van der Waals surface area contributed by atoms with Crippen LogP contribution >= 0.6 is 11.6 Å². The summed E-state index contributed by atoms with van der Waals surface area (Å²) in [4.78, 5) is 15.4. The molecule has 2 N–H and O–H groups in total. The molecule has 10 heteroatoms. The van der Waals surface area contributed by atoms with Gasteiger partial charge in [-0.05, 0) is 48.1 Å². The van der Waals surface area contributed by atoms with E-state index in [2.05, 4.69) is 20.4 Å². The van der Waals surface area contributed by atoms with Crippen molar-refractivity contribution in [2.45, 2.75) is 45.2 Å². The zero-order valence-corrected chi connectivity index (χ0v) is 22.1. The normalized spacial score (nSPS) is 16.2. The summed E-state index contributed by atoms with van der Waals surface area (Å²) in [5.41, 5.74) is 2.99. The van der Waals surface area contributed by atoms with Gasteiger partial charge in [0.25, 0.3) is 5.91 Å². The molecule has 0 bridgehead atoms. The summed E-state index contributed by atoms with van der Waals surface area (Å²) >= 11 is 6.75. The van der Waals surface area contributed by atoms with Crippen LogP contribution in [0.3, 0.4) is 0 Å². The average molecular weight is 526 g/mol. The monoisotopic (exact) mass is 525 g/mol. The first-order valence-corrected chi connectivity index (χ1v) is 13.0. The summed E-state index contributed by atoms with van der Waals surface area (Å²) in [5.74, 6) is 0.882. The summed E-state index contributed by atoms with van der Waals surface area (Å²) < 4.78 is 12.6. The van der Waals surface area contributed by atoms with Gasteiger partial charge in [-0.1, -0.05) is 31.5 Å². The van der Waals surface area contributed by atoms with Crippen molar-refractivity contribution in [3.63, 3.8) is 0 Å². The minimum Gasteiger partial charge on any atom is -0.507 e. The van der Waals surface area contributed by atoms with Gasteiger partial charge < -0.3 is 19.9 Å². The molecule has 1 aliphatic heterocycles. The number of methoxy groups -OCH3 is 1. The van der Waals surface area contributed by atoms with Crippen molar-refractivity contribution in [3.05, 3.63) is 52.3 Å². The van der Waals surface area contributed by atoms with Gasteiger partial charge in [-0.25, -0.2) is 0 Å². The van der Waals surface area contributed by atoms with E-state index in [0.29, 0.717) is 47.6 Å². The van der Waals surface area contributed by atoms with E-state index in [0.717, 1.165) is 37.1 Å². The van der Waals surface area contributed by atoms with Gasteiger partial charge in [-0.3, -0.25) is 14.3 Å². The maximum atomic E-state index is 13.1. The molecular formula is C27H32ClN5O4. The van der Waals surface area contributed by atoms with Gasteiger partial charge in [0.05, 0.1) is 31.6 Å². The van der Waals surface area contributed by atoms with E-state index in [9.17, 15) is 9.90 Å². The molecule has 2 aromatic carbocycles. The second kappa shape index (κ2) is 10.7. The third-order valence-electron chi connectivity index (χ3n) is 6.78. The first-order chi connectivity index (χ1) is 17.9. The van der Waals surface area contributed by atoms with Gasteiger partial charge in [0.15, 0.2) is 5.82 Å². The highest BCUT2D eigenvalue weighted by Crippen LogP contribution is 2.39. The number of ether oxygens (including phenoxy) is 2. The van der Waals surface area contributed by atoms with Gasteiger partial charge in [0, 0.05) is 36.8 Å². The van der Waals surface area contributed by atoms with E-state index in [1.807, 2.05) is 38.1 Å². The van der Waals surface area contributed by atoms with Crippen LogP contribution in [-0.2, 0) is 11.3 Å². The highest BCUT2D eigenvalue weighted by Gasteiger charge is 2.29. The van der Waals surface area contributed by atoms with Gasteiger partial charge in [-0.2, -0.15) is 0 Å². The first kappa shape index (κ1) is 25.5. The Kier molecular flexibility index (Phi) is 7.37. The molecule has 37 heavy (non-hydrogen) atoms. The maximum absolute atomic E-state index is 13.1. The topological polar surface area (TPSA) is 102 Å². The molecule has 1 saturated heterocycles. The number of carbonyl (C=O) groups is 1. The Morgan fingerprint density at radius 1 is 1.22 bits per heavy atom. The van der Waals surface area contributed by atoms with E-state index < -0.39 is 0 Å². The maximum Gasteiger partial charge on any atom is 0.289 e. The summed E-state index contributed by atoms with van der Waals surface area (Å²) in [6, 6.07) is 9.27. The van der Waals surface area contributed by atoms with Crippen molar-refractivity contribution < 1.29 is 19.4 Å². The van der Waals surface area contributed by atoms with E-state index in [4.69, 9.17) is 21.1 Å². The third-order valence-corrected chi connectivity index (χ3v) is 7.13. The second-order valence-corrected chi connectivity index (χ2v) is 10.3. The Morgan fingerprint density at radius 3 is 2.62 bits per heavy atom. The molecule has 0 atom stereocenters. The highest BCUT2D eigenvalue weighted by atomic mass is 35.5. The van der Waals surface area contributed by atoms with Crippen LogP contribution in [0.1, 0.15) is 54.4 Å². The Labute approximate surface area is 221 Å². The minimum absolute atomic E-state index is 0.0147. The lowest BCUT2D eigenvalue weighted by Gasteiger charge is -2.27. The molecule has 2 fully saturated rings. The smallest absolute Gasteiger partial charge is 0.289 e. The van der Waals surface area contributed by atoms with Crippen LogP contribution in [0.15, 0.2) is 30.3 Å². The molecular weight excluding hydrogens is 494 g/mol. The van der Waals surface area contributed by atoms with Crippen LogP contribution in [0.2, 0.25) is 5.02 Å². The molecule has 0 radical (unpaired) electrons. The Hall–Kier alpha value is -3.14. The van der Waals surface area contributed by atoms with Crippen molar-refractivity contribution in [2.75, 3.05) is 33.4 Å². The number of phenols is 1.